The first kappa shape index (κ1) is 38.5. The van der Waals surface area contributed by atoms with Crippen LogP contribution in [0.3, 0.4) is 0 Å². The van der Waals surface area contributed by atoms with Gasteiger partial charge in [0.05, 0.1) is 43.4 Å². The average Bonchev–Trinajstić information content (AvgIpc) is 4.01. The molecule has 0 spiro atoms. The summed E-state index contributed by atoms with van der Waals surface area (Å²) in [5, 5.41) is 2.73. The summed E-state index contributed by atoms with van der Waals surface area (Å²) in [6.45, 7) is 11.6. The summed E-state index contributed by atoms with van der Waals surface area (Å²) in [5.41, 5.74) is 8.74. The Kier molecular flexibility index (Phi) is 10.3. The zero-order chi connectivity index (χ0) is 40.2. The summed E-state index contributed by atoms with van der Waals surface area (Å²) in [5.74, 6) is 2.27. The Labute approximate surface area is 333 Å². The number of methoxy groups -OCH3 is 2. The lowest BCUT2D eigenvalue weighted by molar-refractivity contribution is -0.135. The number of nitrogens with zero attached hydrogens (tertiary/aromatic N) is 4. The Bertz CT molecular complexity index is 2190. The molecule has 4 aliphatic rings. The van der Waals surface area contributed by atoms with Gasteiger partial charge in [0.1, 0.15) is 35.6 Å². The number of carbonyl (C=O) groups excluding carboxylic acids is 3. The van der Waals surface area contributed by atoms with Gasteiger partial charge in [-0.05, 0) is 99.2 Å². The van der Waals surface area contributed by atoms with Gasteiger partial charge in [-0.15, -0.1) is 0 Å². The number of carbonyl (C=O) groups is 3. The molecular weight excluding hydrogens is 727 g/mol. The molecule has 3 amide bonds. The molecule has 0 radical (unpaired) electrons. The molecule has 2 fully saturated rings. The zero-order valence-corrected chi connectivity index (χ0v) is 33.9. The third kappa shape index (κ3) is 7.47. The molecule has 4 unspecified atom stereocenters. The number of nitrogens with one attached hydrogen (secondary N) is 3. The first-order chi connectivity index (χ1) is 27.3. The molecule has 2 aromatic carbocycles. The van der Waals surface area contributed by atoms with Crippen LogP contribution in [0.4, 0.5) is 9.59 Å². The van der Waals surface area contributed by atoms with Gasteiger partial charge >= 0.3 is 12.2 Å². The SMILES string of the molecule is COCC1CC(c2ncc(-c3ccc4c(c3)COc3cc5c(cc3-4)CCc3[nH]c(C4CCCN4C(=O)C(NC(=O)OC)C(C)C)nc3-5)[nH]2)N(C(=O)OC(C)(C)C)C1. The predicted molar refractivity (Wildman–Crippen MR) is 212 cm³/mol. The summed E-state index contributed by atoms with van der Waals surface area (Å²) in [6.07, 6.45) is 4.90. The molecular formula is C43H53N7O7. The first-order valence-electron chi connectivity index (χ1n) is 20.0. The van der Waals surface area contributed by atoms with Gasteiger partial charge < -0.3 is 39.1 Å². The minimum Gasteiger partial charge on any atom is -0.488 e. The molecule has 8 rings (SSSR count). The largest absolute Gasteiger partial charge is 0.488 e. The number of benzene rings is 2. The van der Waals surface area contributed by atoms with Crippen molar-refractivity contribution < 1.29 is 33.3 Å². The van der Waals surface area contributed by atoms with Gasteiger partial charge in [-0.3, -0.25) is 9.69 Å². The van der Waals surface area contributed by atoms with E-state index in [1.165, 1.54) is 12.7 Å². The molecule has 2 aromatic heterocycles. The topological polar surface area (TPSA) is 164 Å². The highest BCUT2D eigenvalue weighted by atomic mass is 16.6. The van der Waals surface area contributed by atoms with Crippen LogP contribution in [0.5, 0.6) is 5.75 Å². The summed E-state index contributed by atoms with van der Waals surface area (Å²) in [4.78, 5) is 59.6. The van der Waals surface area contributed by atoms with Gasteiger partial charge in [0, 0.05) is 42.9 Å². The number of aromatic nitrogens is 4. The Morgan fingerprint density at radius 3 is 2.56 bits per heavy atom. The van der Waals surface area contributed by atoms with Crippen molar-refractivity contribution in [2.75, 3.05) is 33.9 Å². The fourth-order valence-electron chi connectivity index (χ4n) is 8.84. The van der Waals surface area contributed by atoms with Crippen LogP contribution in [0.2, 0.25) is 0 Å². The number of H-pyrrole nitrogens is 2. The standard InChI is InChI=1S/C43H53N7O7/c1-23(2)36(48-41(52)55-7)40(51)49-14-8-9-33(49)39-45-31-13-11-25-17-30-28-12-10-26(16-27(28)22-56-35(30)18-29(25)37(31)47-39)32-19-44-38(46-32)34-15-24(21-54-6)20-50(34)42(53)57-43(3,4)5/h10,12,16-19,23-24,33-34,36H,8-9,11,13-15,20-22H2,1-7H3,(H,44,46)(H,45,47)(H,48,52). The quantitative estimate of drug-likeness (QED) is 0.169. The van der Waals surface area contributed by atoms with E-state index < -0.39 is 17.7 Å². The van der Waals surface area contributed by atoms with Crippen molar-refractivity contribution in [2.24, 2.45) is 11.8 Å². The molecule has 14 nitrogen and oxygen atoms in total. The Morgan fingerprint density at radius 2 is 1.81 bits per heavy atom. The molecule has 1 aliphatic carbocycles. The van der Waals surface area contributed by atoms with Crippen molar-refractivity contribution in [3.63, 3.8) is 0 Å². The van der Waals surface area contributed by atoms with Crippen molar-refractivity contribution in [1.82, 2.24) is 35.1 Å². The van der Waals surface area contributed by atoms with Gasteiger partial charge in [0.2, 0.25) is 5.91 Å². The van der Waals surface area contributed by atoms with Crippen molar-refractivity contribution in [1.29, 1.82) is 0 Å². The number of rotatable bonds is 8. The summed E-state index contributed by atoms with van der Waals surface area (Å²) in [7, 11) is 2.98. The molecule has 4 atom stereocenters. The number of fused-ring (bicyclic) bond motifs is 6. The Hall–Kier alpha value is -5.37. The third-order valence-corrected chi connectivity index (χ3v) is 11.6. The second-order valence-corrected chi connectivity index (χ2v) is 17.1. The number of hydrogen-bond acceptors (Lipinski definition) is 9. The molecule has 0 saturated carbocycles. The number of imidazole rings is 2. The van der Waals surface area contributed by atoms with Gasteiger partial charge in [-0.25, -0.2) is 19.6 Å². The zero-order valence-electron chi connectivity index (χ0n) is 33.9. The average molecular weight is 780 g/mol. The number of ether oxygens (including phenoxy) is 4. The molecule has 0 bridgehead atoms. The normalized spacial score (nSPS) is 20.3. The molecule has 5 heterocycles. The van der Waals surface area contributed by atoms with E-state index in [1.807, 2.05) is 45.7 Å². The highest BCUT2D eigenvalue weighted by Gasteiger charge is 2.41. The monoisotopic (exact) mass is 779 g/mol. The maximum absolute atomic E-state index is 13.8. The molecule has 4 aromatic rings. The van der Waals surface area contributed by atoms with E-state index in [4.69, 9.17) is 28.9 Å². The van der Waals surface area contributed by atoms with Crippen LogP contribution in [0.1, 0.15) is 94.4 Å². The fourth-order valence-corrected chi connectivity index (χ4v) is 8.84. The second kappa shape index (κ2) is 15.2. The minimum absolute atomic E-state index is 0.106. The third-order valence-electron chi connectivity index (χ3n) is 11.6. The summed E-state index contributed by atoms with van der Waals surface area (Å²) >= 11 is 0. The smallest absolute Gasteiger partial charge is 0.410 e. The van der Waals surface area contributed by atoms with E-state index in [1.54, 1.807) is 12.0 Å². The van der Waals surface area contributed by atoms with Gasteiger partial charge in [-0.2, -0.15) is 0 Å². The molecule has 302 valence electrons. The van der Waals surface area contributed by atoms with E-state index in [2.05, 4.69) is 45.6 Å². The summed E-state index contributed by atoms with van der Waals surface area (Å²) in [6, 6.07) is 9.64. The molecule has 2 saturated heterocycles. The fraction of sp³-hybridized carbons (Fsp3) is 0.512. The van der Waals surface area contributed by atoms with E-state index in [-0.39, 0.29) is 35.9 Å². The maximum atomic E-state index is 13.8. The van der Waals surface area contributed by atoms with Crippen LogP contribution in [0, 0.1) is 11.8 Å². The van der Waals surface area contributed by atoms with E-state index in [9.17, 15) is 14.4 Å². The van der Waals surface area contributed by atoms with Crippen molar-refractivity contribution >= 4 is 18.1 Å². The molecule has 57 heavy (non-hydrogen) atoms. The van der Waals surface area contributed by atoms with Crippen LogP contribution in [0.15, 0.2) is 36.5 Å². The minimum atomic E-state index is -0.689. The van der Waals surface area contributed by atoms with Crippen molar-refractivity contribution in [3.05, 3.63) is 65.0 Å². The number of aromatic amines is 2. The molecule has 3 aliphatic heterocycles. The van der Waals surface area contributed by atoms with E-state index in [0.29, 0.717) is 26.3 Å². The van der Waals surface area contributed by atoms with Crippen LogP contribution < -0.4 is 10.1 Å². The second-order valence-electron chi connectivity index (χ2n) is 17.1. The molecule has 14 heteroatoms. The van der Waals surface area contributed by atoms with Crippen molar-refractivity contribution in [2.45, 2.75) is 97.1 Å². The number of aryl methyl sites for hydroxylation is 2. The van der Waals surface area contributed by atoms with Crippen LogP contribution in [-0.2, 0) is 38.5 Å². The number of likely N-dealkylation sites (tertiary alicyclic amines) is 2. The summed E-state index contributed by atoms with van der Waals surface area (Å²) < 4.78 is 22.4. The van der Waals surface area contributed by atoms with Gasteiger partial charge in [-0.1, -0.05) is 26.0 Å². The van der Waals surface area contributed by atoms with Crippen LogP contribution in [-0.4, -0.2) is 93.4 Å². The lowest BCUT2D eigenvalue weighted by atomic mass is 9.86. The number of alkyl carbamates (subject to hydrolysis) is 1. The van der Waals surface area contributed by atoms with Gasteiger partial charge in [0.15, 0.2) is 0 Å². The van der Waals surface area contributed by atoms with Crippen molar-refractivity contribution in [3.8, 4) is 39.4 Å². The van der Waals surface area contributed by atoms with E-state index in [0.717, 1.165) is 94.4 Å². The highest BCUT2D eigenvalue weighted by Crippen LogP contribution is 2.46. The van der Waals surface area contributed by atoms with Gasteiger partial charge in [0.25, 0.3) is 0 Å². The van der Waals surface area contributed by atoms with Crippen LogP contribution >= 0.6 is 0 Å². The Morgan fingerprint density at radius 1 is 0.982 bits per heavy atom. The van der Waals surface area contributed by atoms with Crippen LogP contribution in [0.25, 0.3) is 33.6 Å². The Balaban J connectivity index is 1.02. The maximum Gasteiger partial charge on any atom is 0.410 e. The number of hydrogen-bond donors (Lipinski definition) is 3. The van der Waals surface area contributed by atoms with E-state index >= 15 is 0 Å². The number of amides is 3. The first-order valence-corrected chi connectivity index (χ1v) is 20.0. The lowest BCUT2D eigenvalue weighted by Gasteiger charge is -2.30. The lowest BCUT2D eigenvalue weighted by Crippen LogP contribution is -2.51. The molecule has 3 N–H and O–H groups in total. The predicted octanol–water partition coefficient (Wildman–Crippen LogP) is 7.11. The highest BCUT2D eigenvalue weighted by molar-refractivity contribution is 5.87.